The van der Waals surface area contributed by atoms with Gasteiger partial charge in [-0.05, 0) is 11.6 Å². The molecule has 0 bridgehead atoms. The summed E-state index contributed by atoms with van der Waals surface area (Å²) in [6.07, 6.45) is 2.59. The molecule has 0 saturated carbocycles. The lowest BCUT2D eigenvalue weighted by Crippen LogP contribution is -2.26. The molecule has 0 spiro atoms. The molecule has 3 nitrogen and oxygen atoms in total. The van der Waals surface area contributed by atoms with Gasteiger partial charge in [0.1, 0.15) is 0 Å². The first kappa shape index (κ1) is 10.4. The average molecular weight is 206 g/mol. The van der Waals surface area contributed by atoms with Gasteiger partial charge >= 0.3 is 0 Å². The zero-order valence-corrected chi connectivity index (χ0v) is 8.37. The van der Waals surface area contributed by atoms with E-state index < -0.39 is 6.10 Å². The summed E-state index contributed by atoms with van der Waals surface area (Å²) in [7, 11) is 0. The van der Waals surface area contributed by atoms with Gasteiger partial charge in [-0.15, -0.1) is 0 Å². The zero-order valence-electron chi connectivity index (χ0n) is 8.37. The Kier molecular flexibility index (Phi) is 3.50. The second kappa shape index (κ2) is 5.07. The van der Waals surface area contributed by atoms with Gasteiger partial charge < -0.3 is 14.6 Å². The Morgan fingerprint density at radius 1 is 1.27 bits per heavy atom. The second-order valence-electron chi connectivity index (χ2n) is 3.45. The van der Waals surface area contributed by atoms with E-state index in [1.807, 2.05) is 30.3 Å². The molecule has 3 heteroatoms. The number of aliphatic hydroxyl groups excluding tert-OH is 1. The van der Waals surface area contributed by atoms with Gasteiger partial charge in [-0.1, -0.05) is 36.4 Å². The van der Waals surface area contributed by atoms with E-state index in [0.717, 1.165) is 5.56 Å². The molecule has 0 fully saturated rings. The molecule has 0 radical (unpaired) electrons. The number of ether oxygens (including phenoxy) is 2. The van der Waals surface area contributed by atoms with E-state index in [0.29, 0.717) is 13.2 Å². The van der Waals surface area contributed by atoms with Crippen molar-refractivity contribution < 1.29 is 14.6 Å². The molecule has 1 aliphatic rings. The summed E-state index contributed by atoms with van der Waals surface area (Å²) >= 11 is 0. The van der Waals surface area contributed by atoms with E-state index in [1.165, 1.54) is 0 Å². The Bertz CT molecular complexity index is 321. The van der Waals surface area contributed by atoms with Crippen LogP contribution in [0.1, 0.15) is 5.56 Å². The Balaban J connectivity index is 1.82. The van der Waals surface area contributed by atoms with E-state index >= 15 is 0 Å². The highest BCUT2D eigenvalue weighted by Gasteiger charge is 2.13. The first-order valence-electron chi connectivity index (χ1n) is 4.98. The van der Waals surface area contributed by atoms with Gasteiger partial charge in [0.05, 0.1) is 19.3 Å². The number of rotatable bonds is 3. The van der Waals surface area contributed by atoms with Crippen molar-refractivity contribution in [3.8, 4) is 0 Å². The molecule has 0 aliphatic carbocycles. The molecule has 0 unspecified atom stereocenters. The van der Waals surface area contributed by atoms with Crippen molar-refractivity contribution in [2.24, 2.45) is 0 Å². The highest BCUT2D eigenvalue weighted by atomic mass is 16.7. The molecule has 0 amide bonds. The van der Waals surface area contributed by atoms with Crippen LogP contribution >= 0.6 is 0 Å². The Morgan fingerprint density at radius 3 is 2.73 bits per heavy atom. The molecule has 15 heavy (non-hydrogen) atoms. The third-order valence-electron chi connectivity index (χ3n) is 2.18. The van der Waals surface area contributed by atoms with Crippen molar-refractivity contribution in [3.05, 3.63) is 48.0 Å². The first-order valence-corrected chi connectivity index (χ1v) is 4.98. The van der Waals surface area contributed by atoms with E-state index in [9.17, 15) is 0 Å². The Labute approximate surface area is 88.9 Å². The minimum absolute atomic E-state index is 0.302. The normalized spacial score (nSPS) is 25.4. The molecule has 1 heterocycles. The van der Waals surface area contributed by atoms with Crippen molar-refractivity contribution in [2.45, 2.75) is 19.0 Å². The van der Waals surface area contributed by atoms with E-state index in [4.69, 9.17) is 14.6 Å². The predicted octanol–water partition coefficient (Wildman–Crippen LogP) is 1.48. The largest absolute Gasteiger partial charge is 0.387 e. The highest BCUT2D eigenvalue weighted by molar-refractivity contribution is 5.13. The van der Waals surface area contributed by atoms with Crippen molar-refractivity contribution in [2.75, 3.05) is 6.61 Å². The van der Waals surface area contributed by atoms with Crippen LogP contribution in [0.25, 0.3) is 0 Å². The molecule has 1 aromatic rings. The number of hydrogen-bond donors (Lipinski definition) is 1. The fraction of sp³-hybridized carbons (Fsp3) is 0.333. The molecule has 1 aliphatic heterocycles. The van der Waals surface area contributed by atoms with Gasteiger partial charge in [-0.2, -0.15) is 0 Å². The monoisotopic (exact) mass is 206 g/mol. The molecule has 0 aromatic heterocycles. The molecule has 2 atom stereocenters. The molecule has 80 valence electrons. The molecular formula is C12H14O3. The van der Waals surface area contributed by atoms with Gasteiger partial charge in [-0.25, -0.2) is 0 Å². The van der Waals surface area contributed by atoms with Crippen LogP contribution < -0.4 is 0 Å². The smallest absolute Gasteiger partial charge is 0.177 e. The molecular weight excluding hydrogens is 192 g/mol. The second-order valence-corrected chi connectivity index (χ2v) is 3.45. The SMILES string of the molecule is O[C@H]1C=C[C@H](OCc2ccccc2)OC1. The summed E-state index contributed by atoms with van der Waals surface area (Å²) in [5.41, 5.74) is 1.11. The maximum absolute atomic E-state index is 9.14. The van der Waals surface area contributed by atoms with Crippen LogP contribution in [0.15, 0.2) is 42.5 Å². The van der Waals surface area contributed by atoms with E-state index in [1.54, 1.807) is 12.2 Å². The van der Waals surface area contributed by atoms with Crippen molar-refractivity contribution in [3.63, 3.8) is 0 Å². The highest BCUT2D eigenvalue weighted by Crippen LogP contribution is 2.09. The van der Waals surface area contributed by atoms with Gasteiger partial charge in [0.2, 0.25) is 0 Å². The third-order valence-corrected chi connectivity index (χ3v) is 2.18. The number of benzene rings is 1. The van der Waals surface area contributed by atoms with Crippen LogP contribution in [0.2, 0.25) is 0 Å². The summed E-state index contributed by atoms with van der Waals surface area (Å²) in [4.78, 5) is 0. The Morgan fingerprint density at radius 2 is 2.07 bits per heavy atom. The lowest BCUT2D eigenvalue weighted by atomic mass is 10.2. The summed E-state index contributed by atoms with van der Waals surface area (Å²) in [5, 5.41) is 9.14. The lowest BCUT2D eigenvalue weighted by Gasteiger charge is -2.20. The fourth-order valence-corrected chi connectivity index (χ4v) is 1.38. The van der Waals surface area contributed by atoms with Crippen molar-refractivity contribution >= 4 is 0 Å². The summed E-state index contributed by atoms with van der Waals surface area (Å²) in [6, 6.07) is 9.92. The van der Waals surface area contributed by atoms with Gasteiger partial charge in [0, 0.05) is 0 Å². The van der Waals surface area contributed by atoms with E-state index in [-0.39, 0.29) is 6.29 Å². The summed E-state index contributed by atoms with van der Waals surface area (Å²) < 4.78 is 10.8. The van der Waals surface area contributed by atoms with Gasteiger partial charge in [0.25, 0.3) is 0 Å². The maximum Gasteiger partial charge on any atom is 0.177 e. The van der Waals surface area contributed by atoms with Crippen LogP contribution in [0.3, 0.4) is 0 Å². The minimum atomic E-state index is -0.499. The topological polar surface area (TPSA) is 38.7 Å². The predicted molar refractivity (Wildman–Crippen MR) is 56.1 cm³/mol. The van der Waals surface area contributed by atoms with Gasteiger partial charge in [0.15, 0.2) is 6.29 Å². The molecule has 0 saturated heterocycles. The van der Waals surface area contributed by atoms with Crippen LogP contribution in [0.4, 0.5) is 0 Å². The molecule has 2 rings (SSSR count). The number of aliphatic hydroxyl groups is 1. The number of hydrogen-bond acceptors (Lipinski definition) is 3. The quantitative estimate of drug-likeness (QED) is 0.761. The van der Waals surface area contributed by atoms with E-state index in [2.05, 4.69) is 0 Å². The zero-order chi connectivity index (χ0) is 10.5. The van der Waals surface area contributed by atoms with Gasteiger partial charge in [-0.3, -0.25) is 0 Å². The maximum atomic E-state index is 9.14. The average Bonchev–Trinajstić information content (AvgIpc) is 2.30. The van der Waals surface area contributed by atoms with Crippen molar-refractivity contribution in [1.29, 1.82) is 0 Å². The van der Waals surface area contributed by atoms with Crippen LogP contribution in [0, 0.1) is 0 Å². The fourth-order valence-electron chi connectivity index (χ4n) is 1.38. The standard InChI is InChI=1S/C12H14O3/c13-11-6-7-12(15-9-11)14-8-10-4-2-1-3-5-10/h1-7,11-13H,8-9H2/t11-,12+/m0/s1. The molecule has 1 aromatic carbocycles. The van der Waals surface area contributed by atoms with Crippen LogP contribution in [0.5, 0.6) is 0 Å². The van der Waals surface area contributed by atoms with Crippen LogP contribution in [-0.4, -0.2) is 24.1 Å². The summed E-state index contributed by atoms with van der Waals surface area (Å²) in [5.74, 6) is 0. The van der Waals surface area contributed by atoms with Crippen LogP contribution in [-0.2, 0) is 16.1 Å². The Hall–Kier alpha value is -1.16. The minimum Gasteiger partial charge on any atom is -0.387 e. The third kappa shape index (κ3) is 3.16. The lowest BCUT2D eigenvalue weighted by molar-refractivity contribution is -0.139. The summed E-state index contributed by atoms with van der Waals surface area (Å²) in [6.45, 7) is 0.821. The first-order chi connectivity index (χ1) is 7.34. The molecule has 1 N–H and O–H groups in total. The van der Waals surface area contributed by atoms with Crippen molar-refractivity contribution in [1.82, 2.24) is 0 Å².